The first-order chi connectivity index (χ1) is 7.53. The Kier molecular flexibility index (Phi) is 5.12. The first kappa shape index (κ1) is 13.8. The van der Waals surface area contributed by atoms with E-state index in [1.807, 2.05) is 6.92 Å². The van der Waals surface area contributed by atoms with Gasteiger partial charge in [-0.25, -0.2) is 0 Å². The summed E-state index contributed by atoms with van der Waals surface area (Å²) in [5.74, 6) is 2.02. The maximum absolute atomic E-state index is 11.5. The molecule has 0 spiro atoms. The fraction of sp³-hybridized carbons (Fsp3) is 0.917. The van der Waals surface area contributed by atoms with Crippen molar-refractivity contribution in [2.75, 3.05) is 18.1 Å². The van der Waals surface area contributed by atoms with Crippen molar-refractivity contribution in [2.45, 2.75) is 39.2 Å². The molecule has 0 heterocycles. The highest BCUT2D eigenvalue weighted by molar-refractivity contribution is 7.99. The van der Waals surface area contributed by atoms with Crippen LogP contribution in [0.4, 0.5) is 0 Å². The number of thioether (sulfide) groups is 1. The molecule has 0 aromatic heterocycles. The highest BCUT2D eigenvalue weighted by Crippen LogP contribution is 2.41. The first-order valence-corrected chi connectivity index (χ1v) is 7.24. The van der Waals surface area contributed by atoms with Crippen LogP contribution in [0, 0.1) is 11.8 Å². The van der Waals surface area contributed by atoms with Gasteiger partial charge in [-0.1, -0.05) is 20.8 Å². The van der Waals surface area contributed by atoms with Gasteiger partial charge in [0.15, 0.2) is 0 Å². The third-order valence-corrected chi connectivity index (χ3v) is 4.49. The summed E-state index contributed by atoms with van der Waals surface area (Å²) in [6.45, 7) is 7.04. The normalized spacial score (nSPS) is 19.8. The van der Waals surface area contributed by atoms with Crippen molar-refractivity contribution >= 4 is 17.7 Å². The van der Waals surface area contributed by atoms with Crippen LogP contribution in [0.25, 0.3) is 0 Å². The van der Waals surface area contributed by atoms with Gasteiger partial charge in [0.1, 0.15) is 5.54 Å². The molecule has 1 aliphatic carbocycles. The quantitative estimate of drug-likeness (QED) is 0.688. The van der Waals surface area contributed by atoms with Gasteiger partial charge in [-0.2, -0.15) is 11.8 Å². The van der Waals surface area contributed by atoms with Crippen LogP contribution in [0.3, 0.4) is 0 Å². The van der Waals surface area contributed by atoms with E-state index in [0.717, 1.165) is 25.1 Å². The lowest BCUT2D eigenvalue weighted by atomic mass is 9.96. The lowest BCUT2D eigenvalue weighted by Gasteiger charge is -2.30. The van der Waals surface area contributed by atoms with E-state index in [1.54, 1.807) is 11.8 Å². The van der Waals surface area contributed by atoms with Crippen molar-refractivity contribution in [3.63, 3.8) is 0 Å². The van der Waals surface area contributed by atoms with Crippen molar-refractivity contribution in [1.82, 2.24) is 5.32 Å². The molecule has 0 radical (unpaired) electrons. The lowest BCUT2D eigenvalue weighted by Crippen LogP contribution is -2.56. The van der Waals surface area contributed by atoms with Crippen molar-refractivity contribution < 1.29 is 9.90 Å². The lowest BCUT2D eigenvalue weighted by molar-refractivity contribution is -0.144. The van der Waals surface area contributed by atoms with E-state index < -0.39 is 11.5 Å². The number of nitrogens with one attached hydrogen (secondary N) is 1. The number of carboxylic acid groups (broad SMARTS) is 1. The minimum atomic E-state index is -0.673. The summed E-state index contributed by atoms with van der Waals surface area (Å²) >= 11 is 1.76. The zero-order valence-electron chi connectivity index (χ0n) is 10.5. The average Bonchev–Trinajstić information content (AvgIpc) is 2.98. The van der Waals surface area contributed by atoms with Crippen LogP contribution in [0.15, 0.2) is 0 Å². The summed E-state index contributed by atoms with van der Waals surface area (Å²) in [7, 11) is 0. The summed E-state index contributed by atoms with van der Waals surface area (Å²) in [6.07, 6.45) is 2.11. The fourth-order valence-corrected chi connectivity index (χ4v) is 3.34. The Bertz CT molecular complexity index is 241. The fourth-order valence-electron chi connectivity index (χ4n) is 1.97. The Hall–Kier alpha value is -0.220. The Balaban J connectivity index is 2.57. The molecule has 94 valence electrons. The van der Waals surface area contributed by atoms with Gasteiger partial charge in [0.25, 0.3) is 0 Å². The second kappa shape index (κ2) is 5.92. The van der Waals surface area contributed by atoms with Crippen molar-refractivity contribution in [3.8, 4) is 0 Å². The first-order valence-electron chi connectivity index (χ1n) is 6.09. The molecule has 1 aliphatic rings. The van der Waals surface area contributed by atoms with E-state index in [4.69, 9.17) is 0 Å². The second-order valence-corrected chi connectivity index (χ2v) is 6.02. The Morgan fingerprint density at radius 1 is 1.56 bits per heavy atom. The van der Waals surface area contributed by atoms with E-state index in [9.17, 15) is 9.90 Å². The molecule has 0 aromatic rings. The topological polar surface area (TPSA) is 49.3 Å². The predicted octanol–water partition coefficient (Wildman–Crippen LogP) is 2.22. The molecule has 1 saturated carbocycles. The molecule has 4 heteroatoms. The zero-order chi connectivity index (χ0) is 12.2. The molecule has 1 rings (SSSR count). The molecule has 3 nitrogen and oxygen atoms in total. The molecule has 1 atom stereocenters. The molecule has 0 amide bonds. The molecule has 16 heavy (non-hydrogen) atoms. The van der Waals surface area contributed by atoms with Gasteiger partial charge in [-0.05, 0) is 37.0 Å². The monoisotopic (exact) mass is 245 g/mol. The minimum Gasteiger partial charge on any atom is -0.480 e. The van der Waals surface area contributed by atoms with Crippen LogP contribution in [-0.2, 0) is 4.79 Å². The minimum absolute atomic E-state index is 0.338. The number of carbonyl (C=O) groups is 1. The zero-order valence-corrected chi connectivity index (χ0v) is 11.3. The molecule has 0 bridgehead atoms. The number of likely N-dealkylation sites (N-methyl/N-ethyl adjacent to an activating group) is 1. The summed E-state index contributed by atoms with van der Waals surface area (Å²) < 4.78 is 0. The Morgan fingerprint density at radius 2 is 2.19 bits per heavy atom. The van der Waals surface area contributed by atoms with Gasteiger partial charge in [0.05, 0.1) is 0 Å². The average molecular weight is 245 g/mol. The largest absolute Gasteiger partial charge is 0.480 e. The van der Waals surface area contributed by atoms with Crippen LogP contribution in [-0.4, -0.2) is 34.7 Å². The van der Waals surface area contributed by atoms with Crippen molar-refractivity contribution in [1.29, 1.82) is 0 Å². The number of rotatable bonds is 8. The second-order valence-electron chi connectivity index (χ2n) is 4.99. The van der Waals surface area contributed by atoms with Crippen LogP contribution < -0.4 is 5.32 Å². The maximum Gasteiger partial charge on any atom is 0.325 e. The van der Waals surface area contributed by atoms with Gasteiger partial charge in [0.2, 0.25) is 0 Å². The van der Waals surface area contributed by atoms with Gasteiger partial charge < -0.3 is 10.4 Å². The van der Waals surface area contributed by atoms with E-state index in [1.165, 1.54) is 0 Å². The number of aliphatic carboxylic acids is 1. The summed E-state index contributed by atoms with van der Waals surface area (Å²) in [4.78, 5) is 11.5. The van der Waals surface area contributed by atoms with E-state index in [-0.39, 0.29) is 0 Å². The van der Waals surface area contributed by atoms with Gasteiger partial charge in [0, 0.05) is 5.75 Å². The third kappa shape index (κ3) is 3.39. The third-order valence-electron chi connectivity index (χ3n) is 2.93. The van der Waals surface area contributed by atoms with Gasteiger partial charge >= 0.3 is 5.97 Å². The Morgan fingerprint density at radius 3 is 2.56 bits per heavy atom. The molecule has 2 N–H and O–H groups in total. The maximum atomic E-state index is 11.5. The molecule has 1 fully saturated rings. The van der Waals surface area contributed by atoms with Crippen LogP contribution in [0.5, 0.6) is 0 Å². The summed E-state index contributed by atoms with van der Waals surface area (Å²) in [6, 6.07) is 0. The molecule has 0 aromatic carbocycles. The molecular weight excluding hydrogens is 222 g/mol. The molecule has 0 saturated heterocycles. The Labute approximate surface area is 102 Å². The van der Waals surface area contributed by atoms with E-state index in [0.29, 0.717) is 17.6 Å². The molecular formula is C12H23NO2S. The standard InChI is InChI=1S/C12H23NO2S/c1-4-13-12(11(14)15,10-5-6-10)8-16-7-9(2)3/h9-10,13H,4-8H2,1-3H3,(H,14,15). The summed E-state index contributed by atoms with van der Waals surface area (Å²) in [5, 5.41) is 12.7. The smallest absolute Gasteiger partial charge is 0.325 e. The highest BCUT2D eigenvalue weighted by atomic mass is 32.2. The highest BCUT2D eigenvalue weighted by Gasteiger charge is 2.50. The van der Waals surface area contributed by atoms with E-state index >= 15 is 0 Å². The van der Waals surface area contributed by atoms with Gasteiger partial charge in [-0.15, -0.1) is 0 Å². The molecule has 1 unspecified atom stereocenters. The van der Waals surface area contributed by atoms with E-state index in [2.05, 4.69) is 19.2 Å². The number of hydrogen-bond acceptors (Lipinski definition) is 3. The number of carboxylic acids is 1. The van der Waals surface area contributed by atoms with Crippen molar-refractivity contribution in [2.24, 2.45) is 11.8 Å². The summed E-state index contributed by atoms with van der Waals surface area (Å²) in [5.41, 5.74) is -0.672. The van der Waals surface area contributed by atoms with Crippen LogP contribution in [0.1, 0.15) is 33.6 Å². The molecule has 0 aliphatic heterocycles. The number of hydrogen-bond donors (Lipinski definition) is 2. The van der Waals surface area contributed by atoms with Crippen LogP contribution >= 0.6 is 11.8 Å². The van der Waals surface area contributed by atoms with Gasteiger partial charge in [-0.3, -0.25) is 4.79 Å². The van der Waals surface area contributed by atoms with Crippen molar-refractivity contribution in [3.05, 3.63) is 0 Å². The SMILES string of the molecule is CCNC(CSCC(C)C)(C(=O)O)C1CC1. The predicted molar refractivity (Wildman–Crippen MR) is 68.9 cm³/mol. The van der Waals surface area contributed by atoms with Crippen LogP contribution in [0.2, 0.25) is 0 Å².